The van der Waals surface area contributed by atoms with E-state index < -0.39 is 0 Å². The first kappa shape index (κ1) is 19.4. The monoisotopic (exact) mass is 398 g/mol. The van der Waals surface area contributed by atoms with E-state index in [2.05, 4.69) is 9.97 Å². The van der Waals surface area contributed by atoms with Gasteiger partial charge in [0.25, 0.3) is 5.56 Å². The van der Waals surface area contributed by atoms with Crippen LogP contribution in [-0.4, -0.2) is 33.7 Å². The molecule has 6 nitrogen and oxygen atoms in total. The van der Waals surface area contributed by atoms with E-state index in [1.807, 2.05) is 79.7 Å². The van der Waals surface area contributed by atoms with Gasteiger partial charge in [0, 0.05) is 37.6 Å². The second-order valence-electron chi connectivity index (χ2n) is 7.19. The standard InChI is InChI=1S/C24H22N4O2/c1-27(2)19-12-10-18(11-13-19)22(29)15-20-24(30)28(16-17-7-4-3-5-8-17)21-9-6-14-25-23(21)26-20/h3-15,29H,16H2,1-2H3/b22-15-. The van der Waals surface area contributed by atoms with Gasteiger partial charge < -0.3 is 10.0 Å². The molecular weight excluding hydrogens is 376 g/mol. The van der Waals surface area contributed by atoms with Gasteiger partial charge in [-0.3, -0.25) is 9.36 Å². The van der Waals surface area contributed by atoms with E-state index in [1.54, 1.807) is 16.8 Å². The van der Waals surface area contributed by atoms with Gasteiger partial charge >= 0.3 is 0 Å². The second kappa shape index (κ2) is 8.21. The quantitative estimate of drug-likeness (QED) is 0.515. The zero-order valence-corrected chi connectivity index (χ0v) is 16.9. The van der Waals surface area contributed by atoms with Crippen molar-refractivity contribution in [3.63, 3.8) is 0 Å². The van der Waals surface area contributed by atoms with Crippen LogP contribution in [0, 0.1) is 0 Å². The zero-order valence-electron chi connectivity index (χ0n) is 16.9. The molecule has 0 saturated carbocycles. The van der Waals surface area contributed by atoms with Crippen LogP contribution in [0.25, 0.3) is 23.0 Å². The van der Waals surface area contributed by atoms with Gasteiger partial charge in [0.1, 0.15) is 11.5 Å². The first-order valence-electron chi connectivity index (χ1n) is 9.61. The third-order valence-corrected chi connectivity index (χ3v) is 4.88. The highest BCUT2D eigenvalue weighted by atomic mass is 16.3. The molecule has 0 spiro atoms. The molecule has 0 aliphatic carbocycles. The van der Waals surface area contributed by atoms with Crippen LogP contribution >= 0.6 is 0 Å². The highest BCUT2D eigenvalue weighted by molar-refractivity contribution is 5.78. The molecule has 0 atom stereocenters. The molecule has 1 N–H and O–H groups in total. The largest absolute Gasteiger partial charge is 0.507 e. The minimum absolute atomic E-state index is 0.0218. The molecule has 0 radical (unpaired) electrons. The van der Waals surface area contributed by atoms with Crippen molar-refractivity contribution in [2.24, 2.45) is 0 Å². The average molecular weight is 398 g/mol. The van der Waals surface area contributed by atoms with Crippen LogP contribution in [-0.2, 0) is 6.54 Å². The summed E-state index contributed by atoms with van der Waals surface area (Å²) in [5.41, 5.74) is 3.59. The molecule has 0 fully saturated rings. The molecule has 150 valence electrons. The predicted molar refractivity (Wildman–Crippen MR) is 121 cm³/mol. The number of hydrogen-bond acceptors (Lipinski definition) is 5. The van der Waals surface area contributed by atoms with Crippen molar-refractivity contribution in [2.75, 3.05) is 19.0 Å². The normalized spacial score (nSPS) is 11.6. The molecule has 2 aromatic heterocycles. The van der Waals surface area contributed by atoms with E-state index in [-0.39, 0.29) is 17.0 Å². The highest BCUT2D eigenvalue weighted by Gasteiger charge is 2.12. The number of hydrogen-bond donors (Lipinski definition) is 1. The Bertz CT molecular complexity index is 1260. The smallest absolute Gasteiger partial charge is 0.277 e. The Morgan fingerprint density at radius 2 is 1.77 bits per heavy atom. The van der Waals surface area contributed by atoms with Crippen molar-refractivity contribution in [3.05, 3.63) is 100 Å². The summed E-state index contributed by atoms with van der Waals surface area (Å²) in [6.45, 7) is 0.392. The summed E-state index contributed by atoms with van der Waals surface area (Å²) < 4.78 is 1.64. The Morgan fingerprint density at radius 3 is 2.47 bits per heavy atom. The number of fused-ring (bicyclic) bond motifs is 1. The molecule has 0 bridgehead atoms. The summed E-state index contributed by atoms with van der Waals surface area (Å²) in [6, 6.07) is 20.8. The SMILES string of the molecule is CN(C)c1ccc(/C(O)=C/c2nc3ncccc3n(Cc3ccccc3)c2=O)cc1. The Hall–Kier alpha value is -3.93. The fourth-order valence-electron chi connectivity index (χ4n) is 3.26. The number of rotatable bonds is 5. The molecule has 0 aliphatic rings. The average Bonchev–Trinajstić information content (AvgIpc) is 2.77. The molecule has 2 heterocycles. The van der Waals surface area contributed by atoms with Gasteiger partial charge in [0.2, 0.25) is 0 Å². The lowest BCUT2D eigenvalue weighted by Crippen LogP contribution is -2.25. The van der Waals surface area contributed by atoms with E-state index in [0.717, 1.165) is 11.3 Å². The van der Waals surface area contributed by atoms with Gasteiger partial charge in [-0.2, -0.15) is 0 Å². The van der Waals surface area contributed by atoms with E-state index in [9.17, 15) is 9.90 Å². The fourth-order valence-corrected chi connectivity index (χ4v) is 3.26. The molecule has 2 aromatic carbocycles. The summed E-state index contributed by atoms with van der Waals surface area (Å²) >= 11 is 0. The van der Waals surface area contributed by atoms with Gasteiger partial charge in [0.05, 0.1) is 12.1 Å². The molecule has 30 heavy (non-hydrogen) atoms. The van der Waals surface area contributed by atoms with Crippen molar-refractivity contribution in [1.82, 2.24) is 14.5 Å². The number of benzene rings is 2. The summed E-state index contributed by atoms with van der Waals surface area (Å²) in [6.07, 6.45) is 3.04. The minimum atomic E-state index is -0.282. The number of aromatic nitrogens is 3. The molecular formula is C24H22N4O2. The zero-order chi connectivity index (χ0) is 21.1. The summed E-state index contributed by atoms with van der Waals surface area (Å²) in [7, 11) is 3.90. The van der Waals surface area contributed by atoms with Crippen LogP contribution in [0.15, 0.2) is 77.7 Å². The Labute approximate surface area is 174 Å². The number of pyridine rings is 1. The van der Waals surface area contributed by atoms with Gasteiger partial charge in [0.15, 0.2) is 5.65 Å². The molecule has 0 saturated heterocycles. The van der Waals surface area contributed by atoms with Crippen LogP contribution < -0.4 is 10.5 Å². The third kappa shape index (κ3) is 3.93. The van der Waals surface area contributed by atoms with Gasteiger partial charge in [-0.1, -0.05) is 30.3 Å². The van der Waals surface area contributed by atoms with Crippen LogP contribution in [0.1, 0.15) is 16.8 Å². The fraction of sp³-hybridized carbons (Fsp3) is 0.125. The van der Waals surface area contributed by atoms with E-state index in [1.165, 1.54) is 6.08 Å². The van der Waals surface area contributed by atoms with Crippen molar-refractivity contribution in [3.8, 4) is 0 Å². The van der Waals surface area contributed by atoms with Crippen LogP contribution in [0.2, 0.25) is 0 Å². The first-order chi connectivity index (χ1) is 14.5. The van der Waals surface area contributed by atoms with Crippen LogP contribution in [0.5, 0.6) is 0 Å². The maximum absolute atomic E-state index is 13.2. The third-order valence-electron chi connectivity index (χ3n) is 4.88. The number of anilines is 1. The van der Waals surface area contributed by atoms with Crippen molar-refractivity contribution in [1.29, 1.82) is 0 Å². The van der Waals surface area contributed by atoms with Crippen molar-refractivity contribution in [2.45, 2.75) is 6.54 Å². The molecule has 4 rings (SSSR count). The lowest BCUT2D eigenvalue weighted by Gasteiger charge is -2.13. The summed E-state index contributed by atoms with van der Waals surface area (Å²) in [5.74, 6) is -0.0218. The minimum Gasteiger partial charge on any atom is -0.507 e. The van der Waals surface area contributed by atoms with Gasteiger partial charge in [-0.25, -0.2) is 9.97 Å². The Balaban J connectivity index is 1.80. The maximum Gasteiger partial charge on any atom is 0.277 e. The maximum atomic E-state index is 13.2. The topological polar surface area (TPSA) is 71.2 Å². The number of nitrogens with zero attached hydrogens (tertiary/aromatic N) is 4. The van der Waals surface area contributed by atoms with E-state index in [4.69, 9.17) is 0 Å². The van der Waals surface area contributed by atoms with E-state index in [0.29, 0.717) is 23.3 Å². The van der Waals surface area contributed by atoms with Gasteiger partial charge in [-0.05, 0) is 42.0 Å². The molecule has 6 heteroatoms. The van der Waals surface area contributed by atoms with Crippen LogP contribution in [0.3, 0.4) is 0 Å². The highest BCUT2D eigenvalue weighted by Crippen LogP contribution is 2.19. The molecule has 4 aromatic rings. The number of aliphatic hydroxyl groups is 1. The lowest BCUT2D eigenvalue weighted by atomic mass is 10.1. The Kier molecular flexibility index (Phi) is 5.30. The molecule has 0 unspecified atom stereocenters. The number of aliphatic hydroxyl groups excluding tert-OH is 1. The van der Waals surface area contributed by atoms with Gasteiger partial charge in [-0.15, -0.1) is 0 Å². The second-order valence-corrected chi connectivity index (χ2v) is 7.19. The Morgan fingerprint density at radius 1 is 1.03 bits per heavy atom. The molecule has 0 aliphatic heterocycles. The van der Waals surface area contributed by atoms with Crippen LogP contribution in [0.4, 0.5) is 5.69 Å². The summed E-state index contributed by atoms with van der Waals surface area (Å²) in [5, 5.41) is 10.6. The molecule has 0 amide bonds. The van der Waals surface area contributed by atoms with Crippen molar-refractivity contribution < 1.29 is 5.11 Å². The van der Waals surface area contributed by atoms with E-state index >= 15 is 0 Å². The first-order valence-corrected chi connectivity index (χ1v) is 9.61. The van der Waals surface area contributed by atoms with Crippen molar-refractivity contribution >= 4 is 28.7 Å². The lowest BCUT2D eigenvalue weighted by molar-refractivity contribution is 0.515. The summed E-state index contributed by atoms with van der Waals surface area (Å²) in [4.78, 5) is 23.9. The predicted octanol–water partition coefficient (Wildman–Crippen LogP) is 3.96.